The Balaban J connectivity index is 2.59. The molecular formula is C11H12O2S. The largest absolute Gasteiger partial charge is 0.507 e. The van der Waals surface area contributed by atoms with Gasteiger partial charge in [0.05, 0.1) is 6.61 Å². The molecule has 0 saturated carbocycles. The number of phenolic OH excluding ortho intramolecular Hbond substituents is 1. The van der Waals surface area contributed by atoms with Crippen molar-refractivity contribution in [3.63, 3.8) is 0 Å². The minimum atomic E-state index is 0.301. The lowest BCUT2D eigenvalue weighted by Crippen LogP contribution is -1.90. The van der Waals surface area contributed by atoms with E-state index in [0.29, 0.717) is 12.4 Å². The number of rotatable bonds is 2. The quantitative estimate of drug-likeness (QED) is 0.820. The standard InChI is InChI=1S/C11H12O2S/c1-3-13-8-5-10(12)9-4-7(2)14-11(9)6-8/h4-6,12H,3H2,1-2H3. The molecule has 0 saturated heterocycles. The van der Waals surface area contributed by atoms with Gasteiger partial charge in [-0.05, 0) is 26.0 Å². The number of thiophene rings is 1. The van der Waals surface area contributed by atoms with E-state index in [9.17, 15) is 5.11 Å². The maximum absolute atomic E-state index is 9.72. The lowest BCUT2D eigenvalue weighted by Gasteiger charge is -2.03. The topological polar surface area (TPSA) is 29.5 Å². The van der Waals surface area contributed by atoms with Crippen LogP contribution in [-0.4, -0.2) is 11.7 Å². The van der Waals surface area contributed by atoms with Crippen molar-refractivity contribution in [2.75, 3.05) is 6.61 Å². The van der Waals surface area contributed by atoms with Gasteiger partial charge in [0.25, 0.3) is 0 Å². The normalized spacial score (nSPS) is 10.7. The first-order chi connectivity index (χ1) is 6.70. The Morgan fingerprint density at radius 1 is 1.36 bits per heavy atom. The van der Waals surface area contributed by atoms with Gasteiger partial charge in [-0.25, -0.2) is 0 Å². The fourth-order valence-corrected chi connectivity index (χ4v) is 2.45. The van der Waals surface area contributed by atoms with Gasteiger partial charge in [0, 0.05) is 21.0 Å². The summed E-state index contributed by atoms with van der Waals surface area (Å²) in [7, 11) is 0. The minimum Gasteiger partial charge on any atom is -0.507 e. The van der Waals surface area contributed by atoms with Crippen molar-refractivity contribution in [2.45, 2.75) is 13.8 Å². The molecule has 2 nitrogen and oxygen atoms in total. The van der Waals surface area contributed by atoms with Crippen molar-refractivity contribution < 1.29 is 9.84 Å². The van der Waals surface area contributed by atoms with Gasteiger partial charge in [-0.15, -0.1) is 11.3 Å². The van der Waals surface area contributed by atoms with Crippen LogP contribution in [0.25, 0.3) is 10.1 Å². The Labute approximate surface area is 86.8 Å². The maximum atomic E-state index is 9.72. The Kier molecular flexibility index (Phi) is 2.33. The van der Waals surface area contributed by atoms with Crippen LogP contribution in [0.4, 0.5) is 0 Å². The van der Waals surface area contributed by atoms with Gasteiger partial charge in [-0.3, -0.25) is 0 Å². The highest BCUT2D eigenvalue weighted by Crippen LogP contribution is 2.35. The van der Waals surface area contributed by atoms with Crippen molar-refractivity contribution in [1.82, 2.24) is 0 Å². The van der Waals surface area contributed by atoms with Gasteiger partial charge in [0.1, 0.15) is 11.5 Å². The van der Waals surface area contributed by atoms with Gasteiger partial charge in [-0.1, -0.05) is 0 Å². The zero-order chi connectivity index (χ0) is 10.1. The predicted molar refractivity (Wildman–Crippen MR) is 59.4 cm³/mol. The van der Waals surface area contributed by atoms with Crippen LogP contribution in [0, 0.1) is 6.92 Å². The van der Waals surface area contributed by atoms with Gasteiger partial charge in [0.2, 0.25) is 0 Å². The molecule has 1 N–H and O–H groups in total. The first-order valence-corrected chi connectivity index (χ1v) is 5.38. The molecule has 3 heteroatoms. The predicted octanol–water partition coefficient (Wildman–Crippen LogP) is 3.31. The molecular weight excluding hydrogens is 196 g/mol. The lowest BCUT2D eigenvalue weighted by molar-refractivity contribution is 0.338. The average molecular weight is 208 g/mol. The summed E-state index contributed by atoms with van der Waals surface area (Å²) < 4.78 is 6.43. The van der Waals surface area contributed by atoms with E-state index in [2.05, 4.69) is 0 Å². The number of hydrogen-bond donors (Lipinski definition) is 1. The molecule has 14 heavy (non-hydrogen) atoms. The molecule has 1 aromatic carbocycles. The average Bonchev–Trinajstić information content (AvgIpc) is 2.47. The van der Waals surface area contributed by atoms with E-state index in [1.165, 1.54) is 4.88 Å². The summed E-state index contributed by atoms with van der Waals surface area (Å²) in [6, 6.07) is 5.62. The molecule has 0 amide bonds. The zero-order valence-corrected chi connectivity index (χ0v) is 9.02. The van der Waals surface area contributed by atoms with Crippen molar-refractivity contribution in [2.24, 2.45) is 0 Å². The number of aromatic hydroxyl groups is 1. The first kappa shape index (κ1) is 9.34. The summed E-state index contributed by atoms with van der Waals surface area (Å²) >= 11 is 1.67. The van der Waals surface area contributed by atoms with E-state index in [-0.39, 0.29) is 0 Å². The minimum absolute atomic E-state index is 0.301. The third-order valence-corrected chi connectivity index (χ3v) is 3.02. The number of ether oxygens (including phenoxy) is 1. The van der Waals surface area contributed by atoms with E-state index >= 15 is 0 Å². The smallest absolute Gasteiger partial charge is 0.127 e. The molecule has 1 heterocycles. The molecule has 1 aromatic heterocycles. The van der Waals surface area contributed by atoms with Crippen molar-refractivity contribution in [3.8, 4) is 11.5 Å². The molecule has 0 fully saturated rings. The van der Waals surface area contributed by atoms with Gasteiger partial charge >= 0.3 is 0 Å². The third kappa shape index (κ3) is 1.55. The molecule has 0 aliphatic rings. The van der Waals surface area contributed by atoms with Crippen molar-refractivity contribution >= 4 is 21.4 Å². The Bertz CT molecular complexity index is 460. The molecule has 2 rings (SSSR count). The van der Waals surface area contributed by atoms with E-state index in [0.717, 1.165) is 15.8 Å². The van der Waals surface area contributed by atoms with E-state index < -0.39 is 0 Å². The Hall–Kier alpha value is -1.22. The number of aryl methyl sites for hydroxylation is 1. The highest BCUT2D eigenvalue weighted by molar-refractivity contribution is 7.19. The van der Waals surface area contributed by atoms with Crippen LogP contribution in [0.5, 0.6) is 11.5 Å². The fourth-order valence-electron chi connectivity index (χ4n) is 1.47. The highest BCUT2D eigenvalue weighted by atomic mass is 32.1. The lowest BCUT2D eigenvalue weighted by atomic mass is 10.2. The monoisotopic (exact) mass is 208 g/mol. The molecule has 0 spiro atoms. The summed E-state index contributed by atoms with van der Waals surface area (Å²) in [6.45, 7) is 4.58. The van der Waals surface area contributed by atoms with E-state index in [1.54, 1.807) is 17.4 Å². The van der Waals surface area contributed by atoms with Gasteiger partial charge < -0.3 is 9.84 Å². The van der Waals surface area contributed by atoms with Crippen LogP contribution < -0.4 is 4.74 Å². The summed E-state index contributed by atoms with van der Waals surface area (Å²) in [4.78, 5) is 1.20. The maximum Gasteiger partial charge on any atom is 0.127 e. The number of benzene rings is 1. The Morgan fingerprint density at radius 3 is 2.86 bits per heavy atom. The van der Waals surface area contributed by atoms with Crippen LogP contribution in [0.1, 0.15) is 11.8 Å². The summed E-state index contributed by atoms with van der Waals surface area (Å²) in [5, 5.41) is 10.6. The molecule has 0 atom stereocenters. The second kappa shape index (κ2) is 3.50. The fraction of sp³-hybridized carbons (Fsp3) is 0.273. The SMILES string of the molecule is CCOc1cc(O)c2cc(C)sc2c1. The van der Waals surface area contributed by atoms with Crippen LogP contribution in [0.15, 0.2) is 18.2 Å². The summed E-state index contributed by atoms with van der Waals surface area (Å²) in [5.41, 5.74) is 0. The molecule has 0 unspecified atom stereocenters. The first-order valence-electron chi connectivity index (χ1n) is 4.56. The molecule has 0 aliphatic heterocycles. The van der Waals surface area contributed by atoms with Gasteiger partial charge in [-0.2, -0.15) is 0 Å². The van der Waals surface area contributed by atoms with Crippen molar-refractivity contribution in [1.29, 1.82) is 0 Å². The third-order valence-electron chi connectivity index (χ3n) is 2.02. The second-order valence-electron chi connectivity index (χ2n) is 3.14. The van der Waals surface area contributed by atoms with Crippen LogP contribution in [0.3, 0.4) is 0 Å². The number of fused-ring (bicyclic) bond motifs is 1. The highest BCUT2D eigenvalue weighted by Gasteiger charge is 2.06. The van der Waals surface area contributed by atoms with Crippen LogP contribution in [-0.2, 0) is 0 Å². The molecule has 74 valence electrons. The second-order valence-corrected chi connectivity index (χ2v) is 4.43. The van der Waals surface area contributed by atoms with Gasteiger partial charge in [0.15, 0.2) is 0 Å². The Morgan fingerprint density at radius 2 is 2.14 bits per heavy atom. The number of hydrogen-bond acceptors (Lipinski definition) is 3. The summed E-state index contributed by atoms with van der Waals surface area (Å²) in [6.07, 6.45) is 0. The molecule has 0 radical (unpaired) electrons. The van der Waals surface area contributed by atoms with E-state index in [1.807, 2.05) is 26.0 Å². The van der Waals surface area contributed by atoms with E-state index in [4.69, 9.17) is 4.74 Å². The van der Waals surface area contributed by atoms with Crippen LogP contribution >= 0.6 is 11.3 Å². The molecule has 0 bridgehead atoms. The molecule has 2 aromatic rings. The number of phenols is 1. The summed E-state index contributed by atoms with van der Waals surface area (Å²) in [5.74, 6) is 1.04. The van der Waals surface area contributed by atoms with Crippen LogP contribution in [0.2, 0.25) is 0 Å². The zero-order valence-electron chi connectivity index (χ0n) is 8.20. The molecule has 0 aliphatic carbocycles. The van der Waals surface area contributed by atoms with Crippen molar-refractivity contribution in [3.05, 3.63) is 23.1 Å².